The monoisotopic (exact) mass is 340 g/mol. The van der Waals surface area contributed by atoms with Crippen LogP contribution in [0.2, 0.25) is 0 Å². The second-order valence-electron chi connectivity index (χ2n) is 6.57. The quantitative estimate of drug-likeness (QED) is 0.675. The lowest BCUT2D eigenvalue weighted by molar-refractivity contribution is 0.0217. The summed E-state index contributed by atoms with van der Waals surface area (Å²) in [6.45, 7) is 0.659. The maximum atomic E-state index is 12.0. The summed E-state index contributed by atoms with van der Waals surface area (Å²) in [5.41, 5.74) is 2.03. The first kappa shape index (κ1) is 17.3. The highest BCUT2D eigenvalue weighted by molar-refractivity contribution is 5.74. The maximum absolute atomic E-state index is 12.0. The largest absolute Gasteiger partial charge is 0.508 e. The molecule has 0 spiro atoms. The summed E-state index contributed by atoms with van der Waals surface area (Å²) in [5.74, 6) is 0.222. The van der Waals surface area contributed by atoms with E-state index >= 15 is 0 Å². The Balaban J connectivity index is 1.49. The minimum atomic E-state index is -1.00. The maximum Gasteiger partial charge on any atom is 0.314 e. The number of urea groups is 1. The van der Waals surface area contributed by atoms with Gasteiger partial charge < -0.3 is 20.8 Å². The Bertz CT molecular complexity index is 747. The third-order valence-electron chi connectivity index (χ3n) is 4.71. The van der Waals surface area contributed by atoms with Crippen LogP contribution in [0.1, 0.15) is 29.5 Å². The van der Waals surface area contributed by atoms with Gasteiger partial charge in [0, 0.05) is 6.54 Å². The summed E-state index contributed by atoms with van der Waals surface area (Å²) in [4.78, 5) is 12.0. The third-order valence-corrected chi connectivity index (χ3v) is 4.71. The minimum absolute atomic E-state index is 0.196. The van der Waals surface area contributed by atoms with Crippen molar-refractivity contribution in [2.75, 3.05) is 13.1 Å². The fourth-order valence-electron chi connectivity index (χ4n) is 3.40. The molecule has 5 heteroatoms. The average molecular weight is 340 g/mol. The molecule has 5 nitrogen and oxygen atoms in total. The van der Waals surface area contributed by atoms with E-state index in [9.17, 15) is 15.0 Å². The van der Waals surface area contributed by atoms with Crippen molar-refractivity contribution in [3.63, 3.8) is 0 Å². The Morgan fingerprint density at radius 1 is 1.12 bits per heavy atom. The van der Waals surface area contributed by atoms with Crippen LogP contribution in [0.15, 0.2) is 48.5 Å². The molecule has 25 heavy (non-hydrogen) atoms. The molecule has 0 fully saturated rings. The van der Waals surface area contributed by atoms with Gasteiger partial charge >= 0.3 is 6.03 Å². The lowest BCUT2D eigenvalue weighted by Crippen LogP contribution is -2.46. The number of benzene rings is 2. The van der Waals surface area contributed by atoms with Crippen molar-refractivity contribution in [1.82, 2.24) is 10.6 Å². The van der Waals surface area contributed by atoms with Crippen LogP contribution in [-0.4, -0.2) is 29.3 Å². The molecular formula is C20H24N2O3. The van der Waals surface area contributed by atoms with E-state index in [1.165, 1.54) is 0 Å². The van der Waals surface area contributed by atoms with Gasteiger partial charge in [0.05, 0.1) is 6.54 Å². The molecular weight excluding hydrogens is 316 g/mol. The molecule has 0 radical (unpaired) electrons. The van der Waals surface area contributed by atoms with Gasteiger partial charge in [0.15, 0.2) is 0 Å². The number of fused-ring (bicyclic) bond motifs is 1. The molecule has 1 atom stereocenters. The molecule has 0 aliphatic heterocycles. The van der Waals surface area contributed by atoms with E-state index in [-0.39, 0.29) is 18.3 Å². The van der Waals surface area contributed by atoms with E-state index < -0.39 is 5.60 Å². The summed E-state index contributed by atoms with van der Waals surface area (Å²) in [7, 11) is 0. The molecule has 2 aromatic rings. The van der Waals surface area contributed by atoms with Gasteiger partial charge in [-0.2, -0.15) is 0 Å². The Labute approximate surface area is 147 Å². The highest BCUT2D eigenvalue weighted by atomic mass is 16.3. The predicted molar refractivity (Wildman–Crippen MR) is 96.5 cm³/mol. The standard InChI is InChI=1S/C20H24N2O3/c23-17-8-3-5-15(13-17)10-12-21-19(24)22-14-20(25)11-4-7-16-6-1-2-9-18(16)20/h1-3,5-6,8-9,13,23,25H,4,7,10-12,14H2,(H2,21,22,24). The van der Waals surface area contributed by atoms with E-state index in [4.69, 9.17) is 0 Å². The molecule has 1 unspecified atom stereocenters. The number of phenols is 1. The minimum Gasteiger partial charge on any atom is -0.508 e. The van der Waals surface area contributed by atoms with Crippen molar-refractivity contribution in [1.29, 1.82) is 0 Å². The Morgan fingerprint density at radius 2 is 1.96 bits per heavy atom. The second-order valence-corrected chi connectivity index (χ2v) is 6.57. The van der Waals surface area contributed by atoms with Crippen LogP contribution in [0.25, 0.3) is 0 Å². The molecule has 0 saturated carbocycles. The predicted octanol–water partition coefficient (Wildman–Crippen LogP) is 2.46. The number of carbonyl (C=O) groups is 1. The zero-order valence-electron chi connectivity index (χ0n) is 14.2. The lowest BCUT2D eigenvalue weighted by Gasteiger charge is -2.34. The molecule has 1 aliphatic rings. The van der Waals surface area contributed by atoms with Crippen molar-refractivity contribution >= 4 is 6.03 Å². The van der Waals surface area contributed by atoms with Crippen LogP contribution in [0.3, 0.4) is 0 Å². The van der Waals surface area contributed by atoms with Crippen molar-refractivity contribution in [2.45, 2.75) is 31.3 Å². The number of carbonyl (C=O) groups excluding carboxylic acids is 1. The SMILES string of the molecule is O=C(NCCc1cccc(O)c1)NCC1(O)CCCc2ccccc21. The van der Waals surface area contributed by atoms with Gasteiger partial charge in [-0.15, -0.1) is 0 Å². The molecule has 3 rings (SSSR count). The normalized spacial score (nSPS) is 19.1. The molecule has 0 aromatic heterocycles. The van der Waals surface area contributed by atoms with Crippen molar-refractivity contribution in [3.05, 3.63) is 65.2 Å². The van der Waals surface area contributed by atoms with Crippen LogP contribution in [-0.2, 0) is 18.4 Å². The summed E-state index contributed by atoms with van der Waals surface area (Å²) in [6.07, 6.45) is 3.16. The van der Waals surface area contributed by atoms with Crippen LogP contribution < -0.4 is 10.6 Å². The van der Waals surface area contributed by atoms with Gasteiger partial charge in [-0.1, -0.05) is 36.4 Å². The fraction of sp³-hybridized carbons (Fsp3) is 0.350. The number of aryl methyl sites for hydroxylation is 1. The van der Waals surface area contributed by atoms with E-state index in [2.05, 4.69) is 10.6 Å². The summed E-state index contributed by atoms with van der Waals surface area (Å²) < 4.78 is 0. The Morgan fingerprint density at radius 3 is 2.80 bits per heavy atom. The van der Waals surface area contributed by atoms with Crippen LogP contribution in [0.5, 0.6) is 5.75 Å². The summed E-state index contributed by atoms with van der Waals surface area (Å²) in [5, 5.41) is 25.9. The van der Waals surface area contributed by atoms with E-state index in [0.29, 0.717) is 19.4 Å². The highest BCUT2D eigenvalue weighted by Crippen LogP contribution is 2.34. The van der Waals surface area contributed by atoms with Crippen LogP contribution in [0.4, 0.5) is 4.79 Å². The van der Waals surface area contributed by atoms with Gasteiger partial charge in [0.1, 0.15) is 11.4 Å². The first-order chi connectivity index (χ1) is 12.1. The van der Waals surface area contributed by atoms with Gasteiger partial charge in [-0.3, -0.25) is 0 Å². The van der Waals surface area contributed by atoms with Crippen LogP contribution in [0, 0.1) is 0 Å². The Kier molecular flexibility index (Phi) is 5.24. The Hall–Kier alpha value is -2.53. The molecule has 0 heterocycles. The molecule has 132 valence electrons. The third kappa shape index (κ3) is 4.31. The van der Waals surface area contributed by atoms with Crippen molar-refractivity contribution in [3.8, 4) is 5.75 Å². The highest BCUT2D eigenvalue weighted by Gasteiger charge is 2.34. The van der Waals surface area contributed by atoms with Crippen LogP contribution >= 0.6 is 0 Å². The molecule has 0 bridgehead atoms. The number of phenolic OH excluding ortho intramolecular Hbond substituents is 1. The summed E-state index contributed by atoms with van der Waals surface area (Å²) in [6, 6.07) is 14.6. The molecule has 0 saturated heterocycles. The number of nitrogens with one attached hydrogen (secondary N) is 2. The molecule has 4 N–H and O–H groups in total. The lowest BCUT2D eigenvalue weighted by atomic mass is 9.79. The van der Waals surface area contributed by atoms with Gasteiger partial charge in [-0.25, -0.2) is 4.79 Å². The van der Waals surface area contributed by atoms with Gasteiger partial charge in [-0.05, 0) is 54.5 Å². The topological polar surface area (TPSA) is 81.6 Å². The number of aromatic hydroxyl groups is 1. The average Bonchev–Trinajstić information content (AvgIpc) is 2.61. The molecule has 2 aromatic carbocycles. The van der Waals surface area contributed by atoms with Crippen molar-refractivity contribution < 1.29 is 15.0 Å². The second kappa shape index (κ2) is 7.57. The first-order valence-electron chi connectivity index (χ1n) is 8.67. The zero-order valence-corrected chi connectivity index (χ0v) is 14.2. The number of amides is 2. The fourth-order valence-corrected chi connectivity index (χ4v) is 3.40. The first-order valence-corrected chi connectivity index (χ1v) is 8.67. The molecule has 2 amide bonds. The molecule has 1 aliphatic carbocycles. The number of aliphatic hydroxyl groups is 1. The van der Waals surface area contributed by atoms with E-state index in [1.807, 2.05) is 30.3 Å². The van der Waals surface area contributed by atoms with E-state index in [0.717, 1.165) is 29.5 Å². The zero-order chi connectivity index (χ0) is 17.7. The smallest absolute Gasteiger partial charge is 0.314 e. The van der Waals surface area contributed by atoms with Gasteiger partial charge in [0.25, 0.3) is 0 Å². The van der Waals surface area contributed by atoms with Gasteiger partial charge in [0.2, 0.25) is 0 Å². The number of hydrogen-bond donors (Lipinski definition) is 4. The van der Waals surface area contributed by atoms with E-state index in [1.54, 1.807) is 18.2 Å². The number of rotatable bonds is 5. The number of hydrogen-bond acceptors (Lipinski definition) is 3. The summed E-state index contributed by atoms with van der Waals surface area (Å²) >= 11 is 0. The van der Waals surface area contributed by atoms with Crippen molar-refractivity contribution in [2.24, 2.45) is 0 Å².